The van der Waals surface area contributed by atoms with Crippen molar-refractivity contribution in [3.05, 3.63) is 0 Å². The van der Waals surface area contributed by atoms with E-state index in [0.29, 0.717) is 6.04 Å². The maximum atomic E-state index is 10.6. The highest BCUT2D eigenvalue weighted by Crippen LogP contribution is 2.16. The van der Waals surface area contributed by atoms with E-state index in [1.165, 1.54) is 13.1 Å². The van der Waals surface area contributed by atoms with Gasteiger partial charge in [0.25, 0.3) is 0 Å². The lowest BCUT2D eigenvalue weighted by atomic mass is 9.99. The van der Waals surface area contributed by atoms with Gasteiger partial charge in [0.05, 0.1) is 0 Å². The minimum absolute atomic E-state index is 0.716. The molecule has 0 amide bonds. The molecule has 0 aromatic heterocycles. The van der Waals surface area contributed by atoms with Crippen molar-refractivity contribution >= 4 is 11.9 Å². The fourth-order valence-corrected chi connectivity index (χ4v) is 1.18. The molecule has 138 valence electrons. The minimum atomic E-state index is -5.08. The van der Waals surface area contributed by atoms with Gasteiger partial charge >= 0.3 is 24.3 Å². The third-order valence-electron chi connectivity index (χ3n) is 2.53. The molecule has 0 unspecified atom stereocenters. The van der Waals surface area contributed by atoms with Crippen LogP contribution in [0.5, 0.6) is 0 Å². The monoisotopic (exact) mass is 356 g/mol. The SMILES string of the molecule is CC(C)N1CC(CN)C1.O=C(O)C(F)(F)F.O=C(O)C(F)(F)F. The molecule has 0 saturated carbocycles. The summed E-state index contributed by atoms with van der Waals surface area (Å²) >= 11 is 0. The Morgan fingerprint density at radius 1 is 1.04 bits per heavy atom. The second-order valence-corrected chi connectivity index (χ2v) is 4.76. The highest BCUT2D eigenvalue weighted by molar-refractivity contribution is 5.73. The lowest BCUT2D eigenvalue weighted by Gasteiger charge is -2.41. The van der Waals surface area contributed by atoms with Gasteiger partial charge in [-0.1, -0.05) is 0 Å². The molecule has 1 rings (SSSR count). The molecule has 1 fully saturated rings. The molecule has 0 atom stereocenters. The summed E-state index contributed by atoms with van der Waals surface area (Å²) in [7, 11) is 0. The van der Waals surface area contributed by atoms with Gasteiger partial charge in [-0.2, -0.15) is 26.3 Å². The number of carboxylic acid groups (broad SMARTS) is 2. The van der Waals surface area contributed by atoms with Crippen molar-refractivity contribution in [3.63, 3.8) is 0 Å². The molecular formula is C11H18F6N2O4. The van der Waals surface area contributed by atoms with E-state index in [-0.39, 0.29) is 0 Å². The van der Waals surface area contributed by atoms with E-state index in [9.17, 15) is 26.3 Å². The third kappa shape index (κ3) is 11.6. The van der Waals surface area contributed by atoms with Crippen LogP contribution in [0.25, 0.3) is 0 Å². The second kappa shape index (κ2) is 9.55. The Morgan fingerprint density at radius 3 is 1.43 bits per heavy atom. The van der Waals surface area contributed by atoms with Gasteiger partial charge in [-0.15, -0.1) is 0 Å². The summed E-state index contributed by atoms with van der Waals surface area (Å²) < 4.78 is 63.5. The van der Waals surface area contributed by atoms with Gasteiger partial charge < -0.3 is 20.8 Å². The first kappa shape index (κ1) is 23.7. The summed E-state index contributed by atoms with van der Waals surface area (Å²) in [5, 5.41) is 14.2. The lowest BCUT2D eigenvalue weighted by molar-refractivity contribution is -0.193. The molecule has 1 aliphatic heterocycles. The second-order valence-electron chi connectivity index (χ2n) is 4.76. The lowest BCUT2D eigenvalue weighted by Crippen LogP contribution is -2.52. The molecule has 1 aliphatic rings. The molecule has 0 aliphatic carbocycles. The van der Waals surface area contributed by atoms with Crippen molar-refractivity contribution in [2.24, 2.45) is 11.7 Å². The van der Waals surface area contributed by atoms with Crippen LogP contribution < -0.4 is 5.73 Å². The zero-order valence-electron chi connectivity index (χ0n) is 12.3. The molecule has 23 heavy (non-hydrogen) atoms. The smallest absolute Gasteiger partial charge is 0.475 e. The fraction of sp³-hybridized carbons (Fsp3) is 0.818. The van der Waals surface area contributed by atoms with Crippen LogP contribution in [0.4, 0.5) is 26.3 Å². The van der Waals surface area contributed by atoms with Crippen LogP contribution in [0.15, 0.2) is 0 Å². The van der Waals surface area contributed by atoms with Gasteiger partial charge in [-0.3, -0.25) is 0 Å². The Balaban J connectivity index is 0. The van der Waals surface area contributed by atoms with Crippen LogP contribution in [-0.4, -0.2) is 65.1 Å². The van der Waals surface area contributed by atoms with Crippen LogP contribution >= 0.6 is 0 Å². The molecule has 6 nitrogen and oxygen atoms in total. The van der Waals surface area contributed by atoms with Crippen molar-refractivity contribution < 1.29 is 46.1 Å². The number of hydrogen-bond acceptors (Lipinski definition) is 4. The van der Waals surface area contributed by atoms with Crippen LogP contribution in [-0.2, 0) is 9.59 Å². The number of carbonyl (C=O) groups is 2. The molecule has 12 heteroatoms. The minimum Gasteiger partial charge on any atom is -0.475 e. The number of aliphatic carboxylic acids is 2. The Bertz CT molecular complexity index is 354. The number of hydrogen-bond donors (Lipinski definition) is 3. The Labute approximate surface area is 127 Å². The number of nitrogens with two attached hydrogens (primary N) is 1. The molecule has 0 aromatic rings. The molecule has 4 N–H and O–H groups in total. The zero-order chi connectivity index (χ0) is 19.0. The largest absolute Gasteiger partial charge is 0.490 e. The van der Waals surface area contributed by atoms with E-state index in [1.54, 1.807) is 0 Å². The van der Waals surface area contributed by atoms with E-state index in [0.717, 1.165) is 12.5 Å². The summed E-state index contributed by atoms with van der Waals surface area (Å²) in [6, 6.07) is 0.716. The van der Waals surface area contributed by atoms with E-state index < -0.39 is 24.3 Å². The normalized spacial score (nSPS) is 15.7. The molecule has 0 bridgehead atoms. The van der Waals surface area contributed by atoms with Gasteiger partial charge in [-0.25, -0.2) is 9.59 Å². The van der Waals surface area contributed by atoms with E-state index in [1.807, 2.05) is 0 Å². The van der Waals surface area contributed by atoms with Crippen molar-refractivity contribution in [1.29, 1.82) is 0 Å². The predicted octanol–water partition coefficient (Wildman–Crippen LogP) is 1.55. The number of carboxylic acids is 2. The molecule has 1 heterocycles. The first-order valence-corrected chi connectivity index (χ1v) is 6.17. The van der Waals surface area contributed by atoms with Crippen LogP contribution in [0.1, 0.15) is 13.8 Å². The standard InChI is InChI=1S/C7H16N2.2C2HF3O2/c1-6(2)9-4-7(3-8)5-9;2*3-2(4,5)1(6)7/h6-7H,3-5,8H2,1-2H3;2*(H,6,7). The Hall–Kier alpha value is -1.56. The quantitative estimate of drug-likeness (QED) is 0.649. The average Bonchev–Trinajstić information content (AvgIpc) is 2.25. The van der Waals surface area contributed by atoms with E-state index in [2.05, 4.69) is 18.7 Å². The van der Waals surface area contributed by atoms with E-state index >= 15 is 0 Å². The first-order chi connectivity index (χ1) is 10.1. The van der Waals surface area contributed by atoms with Gasteiger partial charge in [0.1, 0.15) is 0 Å². The van der Waals surface area contributed by atoms with Crippen molar-refractivity contribution in [1.82, 2.24) is 4.90 Å². The summed E-state index contributed by atoms with van der Waals surface area (Å²) in [4.78, 5) is 20.2. The highest BCUT2D eigenvalue weighted by Gasteiger charge is 2.38. The number of halogens is 6. The maximum absolute atomic E-state index is 10.6. The summed E-state index contributed by atoms with van der Waals surface area (Å²) in [6.45, 7) is 7.75. The number of nitrogens with zero attached hydrogens (tertiary/aromatic N) is 1. The van der Waals surface area contributed by atoms with Crippen LogP contribution in [0.3, 0.4) is 0 Å². The summed E-state index contributed by atoms with van der Waals surface area (Å²) in [6.07, 6.45) is -10.2. The maximum Gasteiger partial charge on any atom is 0.490 e. The number of likely N-dealkylation sites (tertiary alicyclic amines) is 1. The predicted molar refractivity (Wildman–Crippen MR) is 66.6 cm³/mol. The molecular weight excluding hydrogens is 338 g/mol. The Kier molecular flexibility index (Phi) is 9.84. The van der Waals surface area contributed by atoms with Gasteiger partial charge in [0.15, 0.2) is 0 Å². The third-order valence-corrected chi connectivity index (χ3v) is 2.53. The van der Waals surface area contributed by atoms with Crippen molar-refractivity contribution in [2.45, 2.75) is 32.2 Å². The topological polar surface area (TPSA) is 104 Å². The fourth-order valence-electron chi connectivity index (χ4n) is 1.18. The number of rotatable bonds is 2. The van der Waals surface area contributed by atoms with Gasteiger partial charge in [0, 0.05) is 19.1 Å². The zero-order valence-corrected chi connectivity index (χ0v) is 12.3. The first-order valence-electron chi connectivity index (χ1n) is 6.17. The van der Waals surface area contributed by atoms with E-state index in [4.69, 9.17) is 25.5 Å². The summed E-state index contributed by atoms with van der Waals surface area (Å²) in [5.41, 5.74) is 5.47. The van der Waals surface area contributed by atoms with Crippen molar-refractivity contribution in [3.8, 4) is 0 Å². The van der Waals surface area contributed by atoms with Crippen LogP contribution in [0.2, 0.25) is 0 Å². The molecule has 0 radical (unpaired) electrons. The molecule has 0 spiro atoms. The van der Waals surface area contributed by atoms with Crippen LogP contribution in [0, 0.1) is 5.92 Å². The van der Waals surface area contributed by atoms with Gasteiger partial charge in [-0.05, 0) is 26.3 Å². The van der Waals surface area contributed by atoms with Crippen molar-refractivity contribution in [2.75, 3.05) is 19.6 Å². The Morgan fingerprint density at radius 2 is 1.30 bits per heavy atom. The average molecular weight is 356 g/mol. The van der Waals surface area contributed by atoms with Gasteiger partial charge in [0.2, 0.25) is 0 Å². The number of alkyl halides is 6. The molecule has 0 aromatic carbocycles. The molecule has 1 saturated heterocycles. The summed E-state index contributed by atoms with van der Waals surface area (Å²) in [5.74, 6) is -4.73. The highest BCUT2D eigenvalue weighted by atomic mass is 19.4.